The number of carbonyl (C=O) groups excluding carboxylic acids is 1. The number of fused-ring (bicyclic) bond motifs is 1. The molecule has 8 nitrogen and oxygen atoms in total. The van der Waals surface area contributed by atoms with Crippen LogP contribution in [0.5, 0.6) is 0 Å². The molecule has 1 N–H and O–H groups in total. The molecule has 0 bridgehead atoms. The molecule has 0 saturated heterocycles. The van der Waals surface area contributed by atoms with Gasteiger partial charge in [-0.3, -0.25) is 14.2 Å². The van der Waals surface area contributed by atoms with Gasteiger partial charge in [0.25, 0.3) is 5.91 Å². The first-order valence-corrected chi connectivity index (χ1v) is 8.05. The standard InChI is InChI=1S/C16H21N5O3/c1-4-5-20-11(3)12(10(2)17-20)9-19-6-7-21-14(15(19)22)8-13(18-21)16(23)24/h8H,4-7,9H2,1-3H3,(H,23,24). The van der Waals surface area contributed by atoms with Crippen LogP contribution in [0.2, 0.25) is 0 Å². The Kier molecular flexibility index (Phi) is 4.13. The van der Waals surface area contributed by atoms with Gasteiger partial charge >= 0.3 is 5.97 Å². The summed E-state index contributed by atoms with van der Waals surface area (Å²) in [5.41, 5.74) is 3.30. The first kappa shape index (κ1) is 16.2. The molecule has 0 fully saturated rings. The maximum absolute atomic E-state index is 12.7. The lowest BCUT2D eigenvalue weighted by Crippen LogP contribution is -2.40. The van der Waals surface area contributed by atoms with Crippen LogP contribution in [0.3, 0.4) is 0 Å². The molecule has 0 radical (unpaired) electrons. The van der Waals surface area contributed by atoms with Crippen molar-refractivity contribution < 1.29 is 14.7 Å². The SMILES string of the molecule is CCCn1nc(C)c(CN2CCn3nc(C(=O)O)cc3C2=O)c1C. The highest BCUT2D eigenvalue weighted by Gasteiger charge is 2.29. The maximum Gasteiger partial charge on any atom is 0.356 e. The molecular weight excluding hydrogens is 310 g/mol. The number of nitrogens with zero attached hydrogens (tertiary/aromatic N) is 5. The Hall–Kier alpha value is -2.64. The quantitative estimate of drug-likeness (QED) is 0.895. The average Bonchev–Trinajstić information content (AvgIpc) is 3.08. The Balaban J connectivity index is 1.84. The van der Waals surface area contributed by atoms with Gasteiger partial charge in [0.15, 0.2) is 5.69 Å². The van der Waals surface area contributed by atoms with Crippen LogP contribution < -0.4 is 0 Å². The summed E-state index contributed by atoms with van der Waals surface area (Å²) in [6.07, 6.45) is 1.00. The van der Waals surface area contributed by atoms with E-state index in [0.29, 0.717) is 25.3 Å². The minimum absolute atomic E-state index is 0.0941. The Labute approximate surface area is 139 Å². The number of rotatable bonds is 5. The fourth-order valence-electron chi connectivity index (χ4n) is 3.08. The van der Waals surface area contributed by atoms with Crippen molar-refractivity contribution >= 4 is 11.9 Å². The van der Waals surface area contributed by atoms with Gasteiger partial charge in [-0.1, -0.05) is 6.92 Å². The van der Waals surface area contributed by atoms with Crippen molar-refractivity contribution in [2.75, 3.05) is 6.54 Å². The lowest BCUT2D eigenvalue weighted by atomic mass is 10.1. The van der Waals surface area contributed by atoms with Crippen LogP contribution in [0.25, 0.3) is 0 Å². The highest BCUT2D eigenvalue weighted by Crippen LogP contribution is 2.20. The number of carboxylic acid groups (broad SMARTS) is 1. The molecule has 3 heterocycles. The predicted octanol–water partition coefficient (Wildman–Crippen LogP) is 1.46. The smallest absolute Gasteiger partial charge is 0.356 e. The van der Waals surface area contributed by atoms with E-state index in [-0.39, 0.29) is 11.6 Å². The Bertz CT molecular complexity index is 805. The molecule has 2 aromatic rings. The topological polar surface area (TPSA) is 93.2 Å². The lowest BCUT2D eigenvalue weighted by molar-refractivity contribution is 0.0670. The molecule has 0 aliphatic carbocycles. The minimum atomic E-state index is -1.12. The number of aromatic carboxylic acids is 1. The maximum atomic E-state index is 12.7. The fourth-order valence-corrected chi connectivity index (χ4v) is 3.08. The summed E-state index contributed by atoms with van der Waals surface area (Å²) in [5, 5.41) is 17.5. The van der Waals surface area contributed by atoms with Gasteiger partial charge in [-0.2, -0.15) is 10.2 Å². The summed E-state index contributed by atoms with van der Waals surface area (Å²) in [4.78, 5) is 25.4. The molecule has 1 aliphatic rings. The number of hydrogen-bond acceptors (Lipinski definition) is 4. The van der Waals surface area contributed by atoms with Crippen LogP contribution in [0.15, 0.2) is 6.07 Å². The third-order valence-electron chi connectivity index (χ3n) is 4.40. The molecule has 8 heteroatoms. The lowest BCUT2D eigenvalue weighted by Gasteiger charge is -2.27. The van der Waals surface area contributed by atoms with E-state index in [1.165, 1.54) is 10.7 Å². The second-order valence-electron chi connectivity index (χ2n) is 6.04. The zero-order chi connectivity index (χ0) is 17.4. The van der Waals surface area contributed by atoms with Crippen LogP contribution in [-0.2, 0) is 19.6 Å². The fraction of sp³-hybridized carbons (Fsp3) is 0.500. The Morgan fingerprint density at radius 2 is 2.04 bits per heavy atom. The van der Waals surface area contributed by atoms with Gasteiger partial charge in [0.1, 0.15) is 5.69 Å². The van der Waals surface area contributed by atoms with Crippen LogP contribution in [-0.4, -0.2) is 48.0 Å². The molecule has 0 aromatic carbocycles. The Morgan fingerprint density at radius 3 is 2.71 bits per heavy atom. The van der Waals surface area contributed by atoms with E-state index in [1.54, 1.807) is 4.90 Å². The third kappa shape index (κ3) is 2.68. The van der Waals surface area contributed by atoms with Gasteiger partial charge in [0.2, 0.25) is 0 Å². The first-order chi connectivity index (χ1) is 11.4. The van der Waals surface area contributed by atoms with Crippen LogP contribution in [0.4, 0.5) is 0 Å². The average molecular weight is 331 g/mol. The number of aryl methyl sites for hydroxylation is 2. The number of hydrogen-bond donors (Lipinski definition) is 1. The second kappa shape index (κ2) is 6.10. The van der Waals surface area contributed by atoms with Crippen LogP contribution in [0, 0.1) is 13.8 Å². The van der Waals surface area contributed by atoms with Crippen molar-refractivity contribution in [1.82, 2.24) is 24.5 Å². The molecule has 2 aromatic heterocycles. The van der Waals surface area contributed by atoms with E-state index < -0.39 is 5.97 Å². The predicted molar refractivity (Wildman–Crippen MR) is 85.9 cm³/mol. The number of carbonyl (C=O) groups is 2. The van der Waals surface area contributed by atoms with E-state index >= 15 is 0 Å². The summed E-state index contributed by atoms with van der Waals surface area (Å²) < 4.78 is 3.45. The molecule has 0 spiro atoms. The van der Waals surface area contributed by atoms with Crippen molar-refractivity contribution in [3.05, 3.63) is 34.4 Å². The second-order valence-corrected chi connectivity index (χ2v) is 6.04. The van der Waals surface area contributed by atoms with Gasteiger partial charge in [-0.15, -0.1) is 0 Å². The van der Waals surface area contributed by atoms with Crippen molar-refractivity contribution in [1.29, 1.82) is 0 Å². The highest BCUT2D eigenvalue weighted by molar-refractivity contribution is 5.96. The van der Waals surface area contributed by atoms with E-state index in [9.17, 15) is 9.59 Å². The van der Waals surface area contributed by atoms with Crippen molar-refractivity contribution in [2.24, 2.45) is 0 Å². The van der Waals surface area contributed by atoms with Crippen molar-refractivity contribution in [3.63, 3.8) is 0 Å². The summed E-state index contributed by atoms with van der Waals surface area (Å²) in [6, 6.07) is 1.34. The summed E-state index contributed by atoms with van der Waals surface area (Å²) in [7, 11) is 0. The Morgan fingerprint density at radius 1 is 1.29 bits per heavy atom. The molecule has 24 heavy (non-hydrogen) atoms. The molecule has 1 amide bonds. The monoisotopic (exact) mass is 331 g/mol. The first-order valence-electron chi connectivity index (χ1n) is 8.05. The molecule has 0 atom stereocenters. The van der Waals surface area contributed by atoms with E-state index in [2.05, 4.69) is 17.1 Å². The molecular formula is C16H21N5O3. The zero-order valence-corrected chi connectivity index (χ0v) is 14.1. The molecule has 3 rings (SSSR count). The van der Waals surface area contributed by atoms with Gasteiger partial charge in [0.05, 0.1) is 12.2 Å². The number of aromatic nitrogens is 4. The largest absolute Gasteiger partial charge is 0.476 e. The molecule has 1 aliphatic heterocycles. The normalized spacial score (nSPS) is 14.1. The molecule has 128 valence electrons. The summed E-state index contributed by atoms with van der Waals surface area (Å²) in [5.74, 6) is -1.31. The van der Waals surface area contributed by atoms with Crippen molar-refractivity contribution in [2.45, 2.75) is 46.8 Å². The highest BCUT2D eigenvalue weighted by atomic mass is 16.4. The zero-order valence-electron chi connectivity index (χ0n) is 14.1. The van der Waals surface area contributed by atoms with Crippen LogP contribution >= 0.6 is 0 Å². The van der Waals surface area contributed by atoms with E-state index in [4.69, 9.17) is 5.11 Å². The van der Waals surface area contributed by atoms with Gasteiger partial charge in [-0.25, -0.2) is 4.79 Å². The van der Waals surface area contributed by atoms with Crippen molar-refractivity contribution in [3.8, 4) is 0 Å². The van der Waals surface area contributed by atoms with Gasteiger partial charge in [0, 0.05) is 37.0 Å². The summed E-state index contributed by atoms with van der Waals surface area (Å²) >= 11 is 0. The van der Waals surface area contributed by atoms with Gasteiger partial charge in [-0.05, 0) is 20.3 Å². The summed E-state index contributed by atoms with van der Waals surface area (Å²) in [6.45, 7) is 8.41. The van der Waals surface area contributed by atoms with E-state index in [1.807, 2.05) is 18.5 Å². The third-order valence-corrected chi connectivity index (χ3v) is 4.40. The minimum Gasteiger partial charge on any atom is -0.476 e. The van der Waals surface area contributed by atoms with E-state index in [0.717, 1.165) is 29.9 Å². The van der Waals surface area contributed by atoms with Crippen LogP contribution in [0.1, 0.15) is 51.3 Å². The number of carboxylic acids is 1. The molecule has 0 unspecified atom stereocenters. The molecule has 0 saturated carbocycles. The van der Waals surface area contributed by atoms with Gasteiger partial charge < -0.3 is 10.0 Å². The number of amides is 1.